The van der Waals surface area contributed by atoms with Crippen molar-refractivity contribution >= 4 is 11.8 Å². The maximum absolute atomic E-state index is 14.0. The zero-order valence-corrected chi connectivity index (χ0v) is 17.0. The van der Waals surface area contributed by atoms with E-state index in [1.54, 1.807) is 47.4 Å². The zero-order chi connectivity index (χ0) is 20.6. The molecule has 29 heavy (non-hydrogen) atoms. The van der Waals surface area contributed by atoms with Crippen LogP contribution in [0.3, 0.4) is 0 Å². The summed E-state index contributed by atoms with van der Waals surface area (Å²) in [6, 6.07) is 13.8. The van der Waals surface area contributed by atoms with Gasteiger partial charge in [-0.1, -0.05) is 30.3 Å². The molecule has 2 amide bonds. The maximum atomic E-state index is 14.0. The van der Waals surface area contributed by atoms with Gasteiger partial charge in [0, 0.05) is 30.3 Å². The fourth-order valence-corrected chi connectivity index (χ4v) is 4.81. The van der Waals surface area contributed by atoms with Crippen LogP contribution < -0.4 is 0 Å². The average Bonchev–Trinajstić information content (AvgIpc) is 3.14. The Balaban J connectivity index is 1.60. The minimum absolute atomic E-state index is 0.0903. The van der Waals surface area contributed by atoms with Gasteiger partial charge in [-0.15, -0.1) is 0 Å². The normalized spacial score (nSPS) is 22.0. The number of halogens is 1. The second-order valence-corrected chi connectivity index (χ2v) is 8.34. The molecule has 2 saturated heterocycles. The van der Waals surface area contributed by atoms with Gasteiger partial charge >= 0.3 is 0 Å². The van der Waals surface area contributed by atoms with Gasteiger partial charge in [0.25, 0.3) is 5.91 Å². The van der Waals surface area contributed by atoms with Crippen LogP contribution in [0.4, 0.5) is 4.39 Å². The number of likely N-dealkylation sites (tertiary alicyclic amines) is 2. The zero-order valence-electron chi connectivity index (χ0n) is 17.0. The first kappa shape index (κ1) is 19.6. The summed E-state index contributed by atoms with van der Waals surface area (Å²) in [5.74, 6) is -0.305. The van der Waals surface area contributed by atoms with Crippen LogP contribution >= 0.6 is 0 Å². The van der Waals surface area contributed by atoms with E-state index in [4.69, 9.17) is 0 Å². The Kier molecular flexibility index (Phi) is 5.15. The quantitative estimate of drug-likeness (QED) is 0.769. The third-order valence-corrected chi connectivity index (χ3v) is 6.32. The van der Waals surface area contributed by atoms with Gasteiger partial charge in [0.15, 0.2) is 0 Å². The molecule has 152 valence electrons. The highest BCUT2D eigenvalue weighted by atomic mass is 19.1. The summed E-state index contributed by atoms with van der Waals surface area (Å²) in [5, 5.41) is 0. The highest BCUT2D eigenvalue weighted by Crippen LogP contribution is 2.39. The maximum Gasteiger partial charge on any atom is 0.254 e. The number of carbonyl (C=O) groups excluding carboxylic acids is 2. The minimum Gasteiger partial charge on any atom is -0.338 e. The predicted molar refractivity (Wildman–Crippen MR) is 111 cm³/mol. The molecule has 0 aliphatic carbocycles. The number of piperidine rings is 1. The summed E-state index contributed by atoms with van der Waals surface area (Å²) < 4.78 is 14.0. The van der Waals surface area contributed by atoms with Crippen LogP contribution in [-0.4, -0.2) is 46.3 Å². The van der Waals surface area contributed by atoms with Crippen molar-refractivity contribution in [2.24, 2.45) is 0 Å². The number of amides is 2. The molecule has 5 heteroatoms. The number of benzene rings is 2. The van der Waals surface area contributed by atoms with Crippen LogP contribution in [0.25, 0.3) is 11.1 Å². The lowest BCUT2D eigenvalue weighted by molar-refractivity contribution is -0.147. The first-order chi connectivity index (χ1) is 13.9. The van der Waals surface area contributed by atoms with E-state index in [0.717, 1.165) is 37.8 Å². The number of carbonyl (C=O) groups is 2. The molecule has 0 saturated carbocycles. The van der Waals surface area contributed by atoms with Crippen molar-refractivity contribution < 1.29 is 14.0 Å². The molecular weight excluding hydrogens is 367 g/mol. The lowest BCUT2D eigenvalue weighted by Gasteiger charge is -2.46. The molecule has 1 unspecified atom stereocenters. The molecule has 0 aromatic heterocycles. The SMILES string of the molecule is CC(C)N1CCCC2(CCCN2C(=O)c2ccc(-c3ccccc3F)cc2)C1=O. The van der Waals surface area contributed by atoms with Gasteiger partial charge in [0.05, 0.1) is 0 Å². The highest BCUT2D eigenvalue weighted by Gasteiger charge is 2.53. The molecule has 1 spiro atoms. The topological polar surface area (TPSA) is 40.6 Å². The summed E-state index contributed by atoms with van der Waals surface area (Å²) in [6.45, 7) is 5.42. The number of hydrogen-bond donors (Lipinski definition) is 0. The predicted octanol–water partition coefficient (Wildman–Crippen LogP) is 4.50. The van der Waals surface area contributed by atoms with Crippen molar-refractivity contribution in [2.45, 2.75) is 51.1 Å². The van der Waals surface area contributed by atoms with Crippen molar-refractivity contribution in [3.8, 4) is 11.1 Å². The van der Waals surface area contributed by atoms with Crippen LogP contribution in [0.2, 0.25) is 0 Å². The summed E-state index contributed by atoms with van der Waals surface area (Å²) in [4.78, 5) is 30.3. The van der Waals surface area contributed by atoms with Crippen LogP contribution in [-0.2, 0) is 4.79 Å². The van der Waals surface area contributed by atoms with Crippen molar-refractivity contribution in [3.05, 3.63) is 59.9 Å². The molecule has 4 rings (SSSR count). The Labute approximate surface area is 171 Å². The van der Waals surface area contributed by atoms with E-state index in [1.807, 2.05) is 18.7 Å². The molecule has 0 radical (unpaired) electrons. The number of nitrogens with zero attached hydrogens (tertiary/aromatic N) is 2. The van der Waals surface area contributed by atoms with Gasteiger partial charge in [-0.2, -0.15) is 0 Å². The van der Waals surface area contributed by atoms with Gasteiger partial charge in [-0.3, -0.25) is 9.59 Å². The third-order valence-electron chi connectivity index (χ3n) is 6.32. The molecule has 2 heterocycles. The summed E-state index contributed by atoms with van der Waals surface area (Å²) in [5.41, 5.74) is 1.08. The van der Waals surface area contributed by atoms with Gasteiger partial charge in [0.2, 0.25) is 5.91 Å². The largest absolute Gasteiger partial charge is 0.338 e. The second kappa shape index (κ2) is 7.62. The van der Waals surface area contributed by atoms with E-state index in [0.29, 0.717) is 17.7 Å². The fourth-order valence-electron chi connectivity index (χ4n) is 4.81. The molecule has 0 N–H and O–H groups in total. The monoisotopic (exact) mass is 394 g/mol. The molecular formula is C24H27FN2O2. The molecule has 2 aromatic rings. The van der Waals surface area contributed by atoms with Crippen molar-refractivity contribution in [1.82, 2.24) is 9.80 Å². The molecule has 2 aromatic carbocycles. The number of rotatable bonds is 3. The first-order valence-electron chi connectivity index (χ1n) is 10.4. The van der Waals surface area contributed by atoms with E-state index in [1.165, 1.54) is 6.07 Å². The third kappa shape index (κ3) is 3.33. The summed E-state index contributed by atoms with van der Waals surface area (Å²) >= 11 is 0. The Bertz CT molecular complexity index is 925. The first-order valence-corrected chi connectivity index (χ1v) is 10.4. The molecule has 2 aliphatic rings. The lowest BCUT2D eigenvalue weighted by atomic mass is 9.84. The van der Waals surface area contributed by atoms with E-state index >= 15 is 0 Å². The van der Waals surface area contributed by atoms with E-state index in [9.17, 15) is 14.0 Å². The van der Waals surface area contributed by atoms with Crippen LogP contribution in [0, 0.1) is 5.82 Å². The number of hydrogen-bond acceptors (Lipinski definition) is 2. The van der Waals surface area contributed by atoms with Gasteiger partial charge in [-0.05, 0) is 63.3 Å². The average molecular weight is 394 g/mol. The van der Waals surface area contributed by atoms with E-state index in [2.05, 4.69) is 0 Å². The summed E-state index contributed by atoms with van der Waals surface area (Å²) in [6.07, 6.45) is 3.22. The summed E-state index contributed by atoms with van der Waals surface area (Å²) in [7, 11) is 0. The van der Waals surface area contributed by atoms with Crippen molar-refractivity contribution in [1.29, 1.82) is 0 Å². The Morgan fingerprint density at radius 3 is 2.31 bits per heavy atom. The van der Waals surface area contributed by atoms with Crippen molar-refractivity contribution in [3.63, 3.8) is 0 Å². The smallest absolute Gasteiger partial charge is 0.254 e. The van der Waals surface area contributed by atoms with Gasteiger partial charge in [-0.25, -0.2) is 4.39 Å². The Morgan fingerprint density at radius 1 is 1.00 bits per heavy atom. The molecule has 0 bridgehead atoms. The van der Waals surface area contributed by atoms with Crippen LogP contribution in [0.1, 0.15) is 49.9 Å². The molecule has 1 atom stereocenters. The second-order valence-electron chi connectivity index (χ2n) is 8.34. The van der Waals surface area contributed by atoms with Crippen molar-refractivity contribution in [2.75, 3.05) is 13.1 Å². The van der Waals surface area contributed by atoms with Crippen LogP contribution in [0.15, 0.2) is 48.5 Å². The van der Waals surface area contributed by atoms with Crippen LogP contribution in [0.5, 0.6) is 0 Å². The van der Waals surface area contributed by atoms with Gasteiger partial charge in [0.1, 0.15) is 11.4 Å². The Hall–Kier alpha value is -2.69. The Morgan fingerprint density at radius 2 is 1.66 bits per heavy atom. The highest BCUT2D eigenvalue weighted by molar-refractivity contribution is 6.00. The fraction of sp³-hybridized carbons (Fsp3) is 0.417. The standard InChI is InChI=1S/C24H27FN2O2/c1-17(2)26-15-5-13-24(23(26)29)14-6-16-27(24)22(28)19-11-9-18(10-12-19)20-7-3-4-8-21(20)25/h3-4,7-12,17H,5-6,13-16H2,1-2H3. The van der Waals surface area contributed by atoms with E-state index in [-0.39, 0.29) is 23.7 Å². The minimum atomic E-state index is -0.705. The van der Waals surface area contributed by atoms with Gasteiger partial charge < -0.3 is 9.80 Å². The molecule has 2 aliphatic heterocycles. The molecule has 4 nitrogen and oxygen atoms in total. The van der Waals surface area contributed by atoms with E-state index < -0.39 is 5.54 Å². The molecule has 2 fully saturated rings. The lowest BCUT2D eigenvalue weighted by Crippen LogP contribution is -2.62.